The predicted octanol–water partition coefficient (Wildman–Crippen LogP) is 3.83. The smallest absolute Gasteiger partial charge is 0.127 e. The summed E-state index contributed by atoms with van der Waals surface area (Å²) in [4.78, 5) is 2.07. The standard InChI is InChI=1S/C32H47NO6/c1-30-12-9-23(35)15-22(30)6-8-26-27(30)10-13-31(2)28(26)11-14-32(31,37)20-33(18-24(36)19-34)17-21-5-7-25(38-3)16-29(21)39-4/h5-8,16,23-24,27-28,34-37H,9-15,17-20H2,1-4H3/t23-,24-,27-,28-,30-,31-,32+/m0/s1. The van der Waals surface area contributed by atoms with Gasteiger partial charge in [0.1, 0.15) is 11.5 Å². The van der Waals surface area contributed by atoms with Gasteiger partial charge in [0.05, 0.1) is 38.6 Å². The lowest BCUT2D eigenvalue weighted by Gasteiger charge is -2.56. The van der Waals surface area contributed by atoms with E-state index in [0.29, 0.717) is 42.8 Å². The molecule has 0 aromatic heterocycles. The number of hydrogen-bond donors (Lipinski definition) is 4. The quantitative estimate of drug-likeness (QED) is 0.377. The molecule has 4 N–H and O–H groups in total. The van der Waals surface area contributed by atoms with Crippen LogP contribution in [0.2, 0.25) is 0 Å². The van der Waals surface area contributed by atoms with Gasteiger partial charge in [-0.25, -0.2) is 0 Å². The molecular weight excluding hydrogens is 494 g/mol. The molecule has 0 amide bonds. The maximum absolute atomic E-state index is 12.4. The second-order valence-electron chi connectivity index (χ2n) is 13.0. The predicted molar refractivity (Wildman–Crippen MR) is 151 cm³/mol. The molecule has 0 unspecified atom stereocenters. The Bertz CT molecular complexity index is 1120. The summed E-state index contributed by atoms with van der Waals surface area (Å²) in [7, 11) is 3.25. The first-order valence-corrected chi connectivity index (χ1v) is 14.6. The van der Waals surface area contributed by atoms with E-state index in [4.69, 9.17) is 9.47 Å². The van der Waals surface area contributed by atoms with Gasteiger partial charge < -0.3 is 29.9 Å². The lowest BCUT2D eigenvalue weighted by Crippen LogP contribution is -2.56. The third-order valence-corrected chi connectivity index (χ3v) is 10.9. The van der Waals surface area contributed by atoms with Crippen LogP contribution < -0.4 is 9.47 Å². The molecule has 0 aliphatic heterocycles. The van der Waals surface area contributed by atoms with E-state index in [1.807, 2.05) is 18.2 Å². The highest BCUT2D eigenvalue weighted by molar-refractivity contribution is 5.41. The van der Waals surface area contributed by atoms with Crippen LogP contribution in [0.4, 0.5) is 0 Å². The van der Waals surface area contributed by atoms with Crippen LogP contribution in [0, 0.1) is 22.7 Å². The fourth-order valence-electron chi connectivity index (χ4n) is 8.49. The van der Waals surface area contributed by atoms with Gasteiger partial charge in [0.2, 0.25) is 0 Å². The number of benzene rings is 1. The second-order valence-corrected chi connectivity index (χ2v) is 13.0. The topological polar surface area (TPSA) is 103 Å². The van der Waals surface area contributed by atoms with Crippen LogP contribution >= 0.6 is 0 Å². The molecule has 4 aliphatic rings. The number of rotatable bonds is 9. The van der Waals surface area contributed by atoms with Crippen LogP contribution in [0.15, 0.2) is 41.5 Å². The number of nitrogens with zero attached hydrogens (tertiary/aromatic N) is 1. The third kappa shape index (κ3) is 4.95. The highest BCUT2D eigenvalue weighted by Crippen LogP contribution is 2.66. The van der Waals surface area contributed by atoms with Gasteiger partial charge in [0.15, 0.2) is 0 Å². The molecule has 4 aliphatic carbocycles. The van der Waals surface area contributed by atoms with Crippen molar-refractivity contribution in [1.29, 1.82) is 0 Å². The summed E-state index contributed by atoms with van der Waals surface area (Å²) in [5.41, 5.74) is 2.72. The number of aliphatic hydroxyl groups is 4. The number of allylic oxidation sites excluding steroid dienone is 3. The molecule has 7 atom stereocenters. The number of hydrogen-bond acceptors (Lipinski definition) is 7. The summed E-state index contributed by atoms with van der Waals surface area (Å²) in [5.74, 6) is 2.18. The molecule has 39 heavy (non-hydrogen) atoms. The number of fused-ring (bicyclic) bond motifs is 5. The molecule has 3 saturated carbocycles. The van der Waals surface area contributed by atoms with Gasteiger partial charge in [0.25, 0.3) is 0 Å². The largest absolute Gasteiger partial charge is 0.497 e. The zero-order chi connectivity index (χ0) is 28.0. The first-order chi connectivity index (χ1) is 18.6. The van der Waals surface area contributed by atoms with Crippen LogP contribution in [0.1, 0.15) is 64.4 Å². The summed E-state index contributed by atoms with van der Waals surface area (Å²) in [6, 6.07) is 5.70. The maximum Gasteiger partial charge on any atom is 0.127 e. The normalized spacial score (nSPS) is 36.4. The van der Waals surface area contributed by atoms with Gasteiger partial charge in [-0.3, -0.25) is 4.90 Å². The van der Waals surface area contributed by atoms with Crippen LogP contribution in [-0.2, 0) is 6.54 Å². The zero-order valence-electron chi connectivity index (χ0n) is 24.0. The van der Waals surface area contributed by atoms with E-state index in [-0.39, 0.29) is 30.1 Å². The summed E-state index contributed by atoms with van der Waals surface area (Å²) in [5, 5.41) is 42.8. The van der Waals surface area contributed by atoms with E-state index in [1.165, 1.54) is 11.1 Å². The molecular formula is C32H47NO6. The summed E-state index contributed by atoms with van der Waals surface area (Å²) < 4.78 is 11.0. The van der Waals surface area contributed by atoms with E-state index >= 15 is 0 Å². The monoisotopic (exact) mass is 541 g/mol. The van der Waals surface area contributed by atoms with Crippen molar-refractivity contribution in [1.82, 2.24) is 4.90 Å². The summed E-state index contributed by atoms with van der Waals surface area (Å²) in [6.07, 6.45) is 9.77. The number of methoxy groups -OCH3 is 2. The van der Waals surface area contributed by atoms with E-state index < -0.39 is 11.7 Å². The molecule has 0 spiro atoms. The molecule has 0 heterocycles. The van der Waals surface area contributed by atoms with Crippen molar-refractivity contribution >= 4 is 0 Å². The van der Waals surface area contributed by atoms with Gasteiger partial charge >= 0.3 is 0 Å². The molecule has 0 saturated heterocycles. The van der Waals surface area contributed by atoms with Crippen LogP contribution in [-0.4, -0.2) is 77.1 Å². The molecule has 0 bridgehead atoms. The molecule has 7 nitrogen and oxygen atoms in total. The van der Waals surface area contributed by atoms with Gasteiger partial charge in [-0.2, -0.15) is 0 Å². The Morgan fingerprint density at radius 1 is 1.03 bits per heavy atom. The first-order valence-electron chi connectivity index (χ1n) is 14.6. The Hall–Kier alpha value is -1.90. The van der Waals surface area contributed by atoms with Crippen LogP contribution in [0.5, 0.6) is 11.5 Å². The molecule has 1 aromatic rings. The minimum atomic E-state index is -0.925. The van der Waals surface area contributed by atoms with Crippen molar-refractivity contribution in [3.63, 3.8) is 0 Å². The molecule has 1 aromatic carbocycles. The van der Waals surface area contributed by atoms with Crippen molar-refractivity contribution in [2.24, 2.45) is 22.7 Å². The molecule has 0 radical (unpaired) electrons. The lowest BCUT2D eigenvalue weighted by atomic mass is 9.50. The van der Waals surface area contributed by atoms with E-state index in [0.717, 1.165) is 44.1 Å². The highest BCUT2D eigenvalue weighted by atomic mass is 16.5. The average Bonchev–Trinajstić information content (AvgIpc) is 3.19. The minimum absolute atomic E-state index is 0.105. The SMILES string of the molecule is COc1ccc(CN(C[C@H](O)CO)C[C@]2(O)CC[C@H]3C4=CC=C5C[C@@H](O)CC[C@]5(C)[C@H]4CC[C@@]32C)c(OC)c1. The van der Waals surface area contributed by atoms with Crippen molar-refractivity contribution in [3.8, 4) is 11.5 Å². The number of aliphatic hydroxyl groups excluding tert-OH is 3. The van der Waals surface area contributed by atoms with Crippen molar-refractivity contribution in [2.45, 2.75) is 83.1 Å². The Balaban J connectivity index is 1.41. The summed E-state index contributed by atoms with van der Waals surface area (Å²) >= 11 is 0. The first kappa shape index (κ1) is 28.6. The van der Waals surface area contributed by atoms with E-state index in [1.54, 1.807) is 14.2 Å². The maximum atomic E-state index is 12.4. The van der Waals surface area contributed by atoms with Crippen molar-refractivity contribution < 1.29 is 29.9 Å². The summed E-state index contributed by atoms with van der Waals surface area (Å²) in [6.45, 7) is 5.48. The van der Waals surface area contributed by atoms with E-state index in [9.17, 15) is 20.4 Å². The van der Waals surface area contributed by atoms with Gasteiger partial charge in [0, 0.05) is 36.7 Å². The zero-order valence-corrected chi connectivity index (χ0v) is 24.0. The van der Waals surface area contributed by atoms with Crippen LogP contribution in [0.25, 0.3) is 0 Å². The minimum Gasteiger partial charge on any atom is -0.497 e. The van der Waals surface area contributed by atoms with Crippen LogP contribution in [0.3, 0.4) is 0 Å². The van der Waals surface area contributed by atoms with Gasteiger partial charge in [-0.1, -0.05) is 43.2 Å². The molecule has 216 valence electrons. The second kappa shape index (κ2) is 10.8. The Kier molecular flexibility index (Phi) is 7.94. The van der Waals surface area contributed by atoms with Gasteiger partial charge in [-0.15, -0.1) is 0 Å². The fourth-order valence-corrected chi connectivity index (χ4v) is 8.49. The van der Waals surface area contributed by atoms with Gasteiger partial charge in [-0.05, 0) is 68.3 Å². The molecule has 7 heteroatoms. The van der Waals surface area contributed by atoms with E-state index in [2.05, 4.69) is 30.9 Å². The average molecular weight is 542 g/mol. The van der Waals surface area contributed by atoms with Crippen molar-refractivity contribution in [2.75, 3.05) is 33.9 Å². The lowest BCUT2D eigenvalue weighted by molar-refractivity contribution is -0.107. The Labute approximate surface area is 233 Å². The Morgan fingerprint density at radius 3 is 2.51 bits per heavy atom. The van der Waals surface area contributed by atoms with Crippen molar-refractivity contribution in [3.05, 3.63) is 47.1 Å². The fraction of sp³-hybridized carbons (Fsp3) is 0.688. The third-order valence-electron chi connectivity index (χ3n) is 10.9. The molecule has 3 fully saturated rings. The number of ether oxygens (including phenoxy) is 2. The Morgan fingerprint density at radius 2 is 1.79 bits per heavy atom. The molecule has 5 rings (SSSR count). The highest BCUT2D eigenvalue weighted by Gasteiger charge is 2.62.